The molecule has 1 saturated heterocycles. The SMILES string of the molecule is COc1ccc(C=C2Oc3c4c(cc(C)c3C2=O)OCN([C@@H]2CCS(=O)(=O)C2)C4)cc1. The molecule has 3 aliphatic rings. The lowest BCUT2D eigenvalue weighted by molar-refractivity contribution is 0.0633. The Balaban J connectivity index is 1.47. The van der Waals surface area contributed by atoms with Crippen LogP contribution in [0.1, 0.15) is 33.5 Å². The number of ether oxygens (including phenoxy) is 3. The first-order valence-corrected chi connectivity index (χ1v) is 12.0. The molecule has 3 heterocycles. The molecule has 31 heavy (non-hydrogen) atoms. The molecule has 0 radical (unpaired) electrons. The third-order valence-corrected chi connectivity index (χ3v) is 7.84. The average molecular weight is 442 g/mol. The number of allylic oxidation sites excluding steroid dienone is 1. The summed E-state index contributed by atoms with van der Waals surface area (Å²) < 4.78 is 41.0. The summed E-state index contributed by atoms with van der Waals surface area (Å²) in [5.41, 5.74) is 2.97. The molecule has 3 aliphatic heterocycles. The Morgan fingerprint density at radius 2 is 2.00 bits per heavy atom. The van der Waals surface area contributed by atoms with Crippen LogP contribution in [0.15, 0.2) is 36.1 Å². The highest BCUT2D eigenvalue weighted by Gasteiger charge is 2.39. The number of benzene rings is 2. The number of carbonyl (C=O) groups excluding carboxylic acids is 1. The molecule has 162 valence electrons. The fourth-order valence-electron chi connectivity index (χ4n) is 4.40. The standard InChI is InChI=1S/C23H23NO6S/c1-14-9-19-18(11-24(13-29-19)16-7-8-31(26,27)12-16)23-21(14)22(25)20(30-23)10-15-3-5-17(28-2)6-4-15/h3-6,9-10,16H,7-8,11-13H2,1-2H3/t16-/m1/s1. The zero-order valence-corrected chi connectivity index (χ0v) is 18.2. The van der Waals surface area contributed by atoms with Crippen molar-refractivity contribution in [3.05, 3.63) is 58.3 Å². The Morgan fingerprint density at radius 1 is 1.23 bits per heavy atom. The maximum atomic E-state index is 13.1. The predicted molar refractivity (Wildman–Crippen MR) is 115 cm³/mol. The molecule has 0 unspecified atom stereocenters. The van der Waals surface area contributed by atoms with E-state index in [2.05, 4.69) is 0 Å². The van der Waals surface area contributed by atoms with E-state index in [1.807, 2.05) is 42.2 Å². The molecule has 2 aromatic carbocycles. The van der Waals surface area contributed by atoms with Crippen molar-refractivity contribution in [3.8, 4) is 17.2 Å². The number of carbonyl (C=O) groups is 1. The minimum atomic E-state index is -3.00. The second-order valence-electron chi connectivity index (χ2n) is 8.16. The number of rotatable bonds is 3. The van der Waals surface area contributed by atoms with Gasteiger partial charge in [0.2, 0.25) is 5.78 Å². The lowest BCUT2D eigenvalue weighted by atomic mass is 9.98. The van der Waals surface area contributed by atoms with Crippen LogP contribution in [0.3, 0.4) is 0 Å². The minimum Gasteiger partial charge on any atom is -0.497 e. The summed E-state index contributed by atoms with van der Waals surface area (Å²) in [5.74, 6) is 2.39. The lowest BCUT2D eigenvalue weighted by Gasteiger charge is -2.33. The predicted octanol–water partition coefficient (Wildman–Crippen LogP) is 2.96. The number of nitrogens with zero attached hydrogens (tertiary/aromatic N) is 1. The molecular formula is C23H23NO6S. The molecule has 0 bridgehead atoms. The van der Waals surface area contributed by atoms with Gasteiger partial charge < -0.3 is 14.2 Å². The van der Waals surface area contributed by atoms with Crippen molar-refractivity contribution in [2.45, 2.75) is 25.9 Å². The Kier molecular flexibility index (Phi) is 4.79. The second-order valence-corrected chi connectivity index (χ2v) is 10.4. The number of sulfone groups is 1. The maximum Gasteiger partial charge on any atom is 0.232 e. The summed E-state index contributed by atoms with van der Waals surface area (Å²) in [4.78, 5) is 15.1. The fraction of sp³-hybridized carbons (Fsp3) is 0.348. The van der Waals surface area contributed by atoms with E-state index in [4.69, 9.17) is 14.2 Å². The van der Waals surface area contributed by atoms with Crippen LogP contribution in [-0.4, -0.2) is 50.5 Å². The first-order chi connectivity index (χ1) is 14.8. The largest absolute Gasteiger partial charge is 0.497 e. The van der Waals surface area contributed by atoms with E-state index in [0.717, 1.165) is 22.4 Å². The van der Waals surface area contributed by atoms with Crippen molar-refractivity contribution < 1.29 is 27.4 Å². The third-order valence-electron chi connectivity index (χ3n) is 6.09. The van der Waals surface area contributed by atoms with Gasteiger partial charge in [-0.15, -0.1) is 0 Å². The summed E-state index contributed by atoms with van der Waals surface area (Å²) >= 11 is 0. The van der Waals surface area contributed by atoms with Gasteiger partial charge in [0, 0.05) is 12.6 Å². The molecule has 0 N–H and O–H groups in total. The van der Waals surface area contributed by atoms with Crippen molar-refractivity contribution in [1.29, 1.82) is 0 Å². The van der Waals surface area contributed by atoms with Crippen molar-refractivity contribution in [1.82, 2.24) is 4.90 Å². The van der Waals surface area contributed by atoms with Crippen LogP contribution in [0.25, 0.3) is 6.08 Å². The Labute approximate surface area is 181 Å². The smallest absolute Gasteiger partial charge is 0.232 e. The number of ketones is 1. The average Bonchev–Trinajstić information content (AvgIpc) is 3.28. The summed E-state index contributed by atoms with van der Waals surface area (Å²) in [6.45, 7) is 2.69. The first kappa shape index (κ1) is 20.1. The maximum absolute atomic E-state index is 13.1. The van der Waals surface area contributed by atoms with Gasteiger partial charge >= 0.3 is 0 Å². The molecule has 0 spiro atoms. The van der Waals surface area contributed by atoms with Gasteiger partial charge in [0.05, 0.1) is 29.7 Å². The molecule has 2 aromatic rings. The van der Waals surface area contributed by atoms with Crippen molar-refractivity contribution in [3.63, 3.8) is 0 Å². The van der Waals surface area contributed by atoms with Gasteiger partial charge in [-0.05, 0) is 48.7 Å². The van der Waals surface area contributed by atoms with E-state index in [9.17, 15) is 13.2 Å². The molecule has 0 amide bonds. The van der Waals surface area contributed by atoms with E-state index < -0.39 is 9.84 Å². The zero-order valence-electron chi connectivity index (χ0n) is 17.4. The summed E-state index contributed by atoms with van der Waals surface area (Å²) in [5, 5.41) is 0. The normalized spacial score (nSPS) is 23.2. The highest BCUT2D eigenvalue weighted by molar-refractivity contribution is 7.91. The third kappa shape index (κ3) is 3.59. The Hall–Kier alpha value is -2.84. The van der Waals surface area contributed by atoms with Crippen LogP contribution in [0.4, 0.5) is 0 Å². The lowest BCUT2D eigenvalue weighted by Crippen LogP contribution is -2.41. The molecule has 1 atom stereocenters. The number of Topliss-reactive ketones (excluding diaryl/α,β-unsaturated/α-hetero) is 1. The second kappa shape index (κ2) is 7.39. The number of methoxy groups -OCH3 is 1. The molecule has 8 heteroatoms. The van der Waals surface area contributed by atoms with E-state index in [0.29, 0.717) is 36.8 Å². The summed E-state index contributed by atoms with van der Waals surface area (Å²) in [7, 11) is -1.40. The number of fused-ring (bicyclic) bond motifs is 3. The number of aryl methyl sites for hydroxylation is 1. The van der Waals surface area contributed by atoms with E-state index in [-0.39, 0.29) is 29.1 Å². The highest BCUT2D eigenvalue weighted by Crippen LogP contribution is 2.44. The van der Waals surface area contributed by atoms with Gasteiger partial charge in [0.15, 0.2) is 15.6 Å². The molecule has 1 fully saturated rings. The van der Waals surface area contributed by atoms with Gasteiger partial charge in [-0.25, -0.2) is 8.42 Å². The molecule has 5 rings (SSSR count). The van der Waals surface area contributed by atoms with E-state index >= 15 is 0 Å². The number of hydrogen-bond donors (Lipinski definition) is 0. The molecule has 0 saturated carbocycles. The Bertz CT molecular complexity index is 1200. The summed E-state index contributed by atoms with van der Waals surface area (Å²) in [6.07, 6.45) is 2.32. The molecule has 7 nitrogen and oxygen atoms in total. The fourth-order valence-corrected chi connectivity index (χ4v) is 6.16. The molecule has 0 aliphatic carbocycles. The van der Waals surface area contributed by atoms with Gasteiger partial charge in [0.25, 0.3) is 0 Å². The van der Waals surface area contributed by atoms with Gasteiger partial charge in [-0.2, -0.15) is 0 Å². The molecular weight excluding hydrogens is 418 g/mol. The van der Waals surface area contributed by atoms with Crippen LogP contribution in [0.2, 0.25) is 0 Å². The molecule has 0 aromatic heterocycles. The first-order valence-electron chi connectivity index (χ1n) is 10.2. The quantitative estimate of drug-likeness (QED) is 0.678. The van der Waals surface area contributed by atoms with E-state index in [1.54, 1.807) is 13.2 Å². The topological polar surface area (TPSA) is 82.1 Å². The highest BCUT2D eigenvalue weighted by atomic mass is 32.2. The van der Waals surface area contributed by atoms with Crippen molar-refractivity contribution in [2.24, 2.45) is 0 Å². The van der Waals surface area contributed by atoms with Crippen LogP contribution < -0.4 is 14.2 Å². The van der Waals surface area contributed by atoms with E-state index in [1.165, 1.54) is 0 Å². The monoisotopic (exact) mass is 441 g/mol. The van der Waals surface area contributed by atoms with Gasteiger partial charge in [-0.1, -0.05) is 12.1 Å². The van der Waals surface area contributed by atoms with Crippen LogP contribution in [-0.2, 0) is 16.4 Å². The van der Waals surface area contributed by atoms with Crippen LogP contribution >= 0.6 is 0 Å². The minimum absolute atomic E-state index is 0.0819. The summed E-state index contributed by atoms with van der Waals surface area (Å²) in [6, 6.07) is 9.16. The van der Waals surface area contributed by atoms with Gasteiger partial charge in [0.1, 0.15) is 24.0 Å². The van der Waals surface area contributed by atoms with Crippen molar-refractivity contribution in [2.75, 3.05) is 25.3 Å². The van der Waals surface area contributed by atoms with Crippen LogP contribution in [0, 0.1) is 6.92 Å². The van der Waals surface area contributed by atoms with Gasteiger partial charge in [-0.3, -0.25) is 9.69 Å². The van der Waals surface area contributed by atoms with Crippen molar-refractivity contribution >= 4 is 21.7 Å². The Morgan fingerprint density at radius 3 is 2.68 bits per heavy atom. The van der Waals surface area contributed by atoms with Crippen LogP contribution in [0.5, 0.6) is 17.2 Å². The zero-order chi connectivity index (χ0) is 21.8. The number of hydrogen-bond acceptors (Lipinski definition) is 7.